The summed E-state index contributed by atoms with van der Waals surface area (Å²) in [5, 5.41) is 4.13. The van der Waals surface area contributed by atoms with Crippen molar-refractivity contribution in [2.75, 3.05) is 18.4 Å². The molecule has 5 heteroatoms. The molecule has 3 rings (SSSR count). The molecule has 0 saturated carbocycles. The van der Waals surface area contributed by atoms with Crippen molar-refractivity contribution in [3.63, 3.8) is 0 Å². The molecular weight excluding hydrogens is 336 g/mol. The number of amides is 1. The second-order valence-corrected chi connectivity index (χ2v) is 7.25. The van der Waals surface area contributed by atoms with Crippen LogP contribution in [0, 0.1) is 0 Å². The molecule has 0 spiro atoms. The van der Waals surface area contributed by atoms with Gasteiger partial charge < -0.3 is 15.0 Å². The zero-order valence-corrected chi connectivity index (χ0v) is 15.3. The molecule has 0 aliphatic carbocycles. The molecule has 1 N–H and O–H groups in total. The molecule has 2 aromatic rings. The highest BCUT2D eigenvalue weighted by atomic mass is 35.5. The Balaban J connectivity index is 1.59. The number of benzene rings is 2. The van der Waals surface area contributed by atoms with Crippen LogP contribution in [0.5, 0.6) is 5.75 Å². The van der Waals surface area contributed by atoms with Gasteiger partial charge in [-0.05, 0) is 56.7 Å². The summed E-state index contributed by atoms with van der Waals surface area (Å²) in [4.78, 5) is 14.8. The van der Waals surface area contributed by atoms with E-state index in [9.17, 15) is 4.79 Å². The summed E-state index contributed by atoms with van der Waals surface area (Å²) in [6.45, 7) is 5.03. The normalized spacial score (nSPS) is 17.4. The van der Waals surface area contributed by atoms with E-state index in [1.165, 1.54) is 0 Å². The molecule has 1 heterocycles. The van der Waals surface area contributed by atoms with Gasteiger partial charge in [0, 0.05) is 29.8 Å². The van der Waals surface area contributed by atoms with Crippen LogP contribution < -0.4 is 10.1 Å². The van der Waals surface area contributed by atoms with Crippen LogP contribution in [-0.4, -0.2) is 35.5 Å². The molecule has 1 amide bonds. The molecule has 1 aliphatic heterocycles. The van der Waals surface area contributed by atoms with Crippen LogP contribution in [-0.2, 0) is 4.79 Å². The Bertz CT molecular complexity index is 716. The number of likely N-dealkylation sites (tertiary alicyclic amines) is 1. The topological polar surface area (TPSA) is 41.6 Å². The van der Waals surface area contributed by atoms with Crippen LogP contribution in [0.4, 0.5) is 5.69 Å². The van der Waals surface area contributed by atoms with E-state index in [0.717, 1.165) is 18.7 Å². The molecule has 2 aromatic carbocycles. The van der Waals surface area contributed by atoms with Gasteiger partial charge in [0.1, 0.15) is 5.75 Å². The van der Waals surface area contributed by atoms with Crippen molar-refractivity contribution < 1.29 is 9.53 Å². The first-order valence-corrected chi connectivity index (χ1v) is 8.87. The summed E-state index contributed by atoms with van der Waals surface area (Å²) < 4.78 is 5.91. The highest BCUT2D eigenvalue weighted by molar-refractivity contribution is 6.30. The molecule has 0 aromatic heterocycles. The third kappa shape index (κ3) is 4.45. The summed E-state index contributed by atoms with van der Waals surface area (Å²) in [6.07, 6.45) is 0.928. The first-order valence-electron chi connectivity index (χ1n) is 8.49. The number of halogens is 1. The highest BCUT2D eigenvalue weighted by Gasteiger charge is 2.37. The largest absolute Gasteiger partial charge is 0.478 e. The lowest BCUT2D eigenvalue weighted by atomic mass is 10.1. The zero-order valence-electron chi connectivity index (χ0n) is 14.5. The number of para-hydroxylation sites is 1. The minimum atomic E-state index is -0.921. The van der Waals surface area contributed by atoms with E-state index in [1.807, 2.05) is 49.1 Å². The van der Waals surface area contributed by atoms with Gasteiger partial charge >= 0.3 is 0 Å². The number of rotatable bonds is 5. The zero-order chi connectivity index (χ0) is 17.9. The fraction of sp³-hybridized carbons (Fsp3) is 0.350. The van der Waals surface area contributed by atoms with Gasteiger partial charge in [0.2, 0.25) is 0 Å². The van der Waals surface area contributed by atoms with Crippen molar-refractivity contribution in [3.8, 4) is 5.75 Å². The average molecular weight is 359 g/mol. The van der Waals surface area contributed by atoms with E-state index in [-0.39, 0.29) is 11.9 Å². The summed E-state index contributed by atoms with van der Waals surface area (Å²) in [6, 6.07) is 17.4. The second-order valence-electron chi connectivity index (χ2n) is 6.81. The van der Waals surface area contributed by atoms with Crippen molar-refractivity contribution in [1.82, 2.24) is 4.90 Å². The van der Waals surface area contributed by atoms with Crippen LogP contribution in [0.25, 0.3) is 0 Å². The van der Waals surface area contributed by atoms with E-state index < -0.39 is 5.60 Å². The molecule has 1 fully saturated rings. The van der Waals surface area contributed by atoms with Crippen LogP contribution in [0.1, 0.15) is 20.3 Å². The Morgan fingerprint density at radius 1 is 1.16 bits per heavy atom. The maximum atomic E-state index is 12.9. The van der Waals surface area contributed by atoms with E-state index in [1.54, 1.807) is 24.3 Å². The summed E-state index contributed by atoms with van der Waals surface area (Å²) in [5.74, 6) is 0.640. The number of carbonyl (C=O) groups excluding carboxylic acids is 1. The molecular formula is C20H23ClN2O2. The third-order valence-electron chi connectivity index (χ3n) is 4.32. The lowest BCUT2D eigenvalue weighted by Gasteiger charge is -2.30. The standard InChI is InChI=1S/C20H23ClN2O2/c1-20(2,25-18-10-8-15(21)9-11-18)19(24)23-13-12-17(14-23)22-16-6-4-3-5-7-16/h3-11,17,22H,12-14H2,1-2H3. The molecule has 4 nitrogen and oxygen atoms in total. The summed E-state index contributed by atoms with van der Waals surface area (Å²) >= 11 is 5.89. The molecule has 132 valence electrons. The maximum absolute atomic E-state index is 12.9. The molecule has 1 aliphatic rings. The van der Waals surface area contributed by atoms with Gasteiger partial charge in [-0.3, -0.25) is 4.79 Å². The minimum absolute atomic E-state index is 0.000174. The second kappa shape index (κ2) is 7.36. The predicted octanol–water partition coefficient (Wildman–Crippen LogP) is 4.21. The van der Waals surface area contributed by atoms with E-state index in [4.69, 9.17) is 16.3 Å². The summed E-state index contributed by atoms with van der Waals surface area (Å²) in [5.41, 5.74) is 0.161. The molecule has 1 saturated heterocycles. The average Bonchev–Trinajstić information content (AvgIpc) is 3.05. The van der Waals surface area contributed by atoms with E-state index in [2.05, 4.69) is 5.32 Å². The van der Waals surface area contributed by atoms with Crippen molar-refractivity contribution in [1.29, 1.82) is 0 Å². The lowest BCUT2D eigenvalue weighted by Crippen LogP contribution is -2.48. The first-order chi connectivity index (χ1) is 11.9. The SMILES string of the molecule is CC(C)(Oc1ccc(Cl)cc1)C(=O)N1CCC(Nc2ccccc2)C1. The molecule has 0 bridgehead atoms. The predicted molar refractivity (Wildman–Crippen MR) is 101 cm³/mol. The Hall–Kier alpha value is -2.20. The molecule has 1 atom stereocenters. The summed E-state index contributed by atoms with van der Waals surface area (Å²) in [7, 11) is 0. The fourth-order valence-electron chi connectivity index (χ4n) is 3.05. The smallest absolute Gasteiger partial charge is 0.266 e. The van der Waals surface area contributed by atoms with Crippen molar-refractivity contribution in [3.05, 3.63) is 59.6 Å². The van der Waals surface area contributed by atoms with Crippen molar-refractivity contribution in [2.45, 2.75) is 31.9 Å². The number of nitrogens with zero attached hydrogens (tertiary/aromatic N) is 1. The van der Waals surface area contributed by atoms with Crippen LogP contribution in [0.2, 0.25) is 5.02 Å². The monoisotopic (exact) mass is 358 g/mol. The Morgan fingerprint density at radius 2 is 1.84 bits per heavy atom. The van der Waals surface area contributed by atoms with Gasteiger partial charge in [-0.1, -0.05) is 29.8 Å². The molecule has 0 radical (unpaired) electrons. The van der Waals surface area contributed by atoms with Gasteiger partial charge in [-0.2, -0.15) is 0 Å². The van der Waals surface area contributed by atoms with Gasteiger partial charge in [-0.15, -0.1) is 0 Å². The van der Waals surface area contributed by atoms with Crippen LogP contribution in [0.15, 0.2) is 54.6 Å². The number of anilines is 1. The minimum Gasteiger partial charge on any atom is -0.478 e. The quantitative estimate of drug-likeness (QED) is 0.870. The maximum Gasteiger partial charge on any atom is 0.266 e. The molecule has 25 heavy (non-hydrogen) atoms. The number of nitrogens with one attached hydrogen (secondary N) is 1. The Kier molecular flexibility index (Phi) is 5.19. The Morgan fingerprint density at radius 3 is 2.52 bits per heavy atom. The number of hydrogen-bond acceptors (Lipinski definition) is 3. The van der Waals surface area contributed by atoms with E-state index >= 15 is 0 Å². The number of ether oxygens (including phenoxy) is 1. The first kappa shape index (κ1) is 17.6. The molecule has 1 unspecified atom stereocenters. The fourth-order valence-corrected chi connectivity index (χ4v) is 3.18. The lowest BCUT2D eigenvalue weighted by molar-refractivity contribution is -0.144. The van der Waals surface area contributed by atoms with Crippen molar-refractivity contribution in [2.24, 2.45) is 0 Å². The van der Waals surface area contributed by atoms with E-state index in [0.29, 0.717) is 17.3 Å². The van der Waals surface area contributed by atoms with Gasteiger partial charge in [0.05, 0.1) is 0 Å². The van der Waals surface area contributed by atoms with Gasteiger partial charge in [0.25, 0.3) is 5.91 Å². The third-order valence-corrected chi connectivity index (χ3v) is 4.57. The Labute approximate surface area is 153 Å². The highest BCUT2D eigenvalue weighted by Crippen LogP contribution is 2.24. The van der Waals surface area contributed by atoms with Crippen LogP contribution >= 0.6 is 11.6 Å². The number of carbonyl (C=O) groups is 1. The van der Waals surface area contributed by atoms with Gasteiger partial charge in [0.15, 0.2) is 5.60 Å². The van der Waals surface area contributed by atoms with Gasteiger partial charge in [-0.25, -0.2) is 0 Å². The van der Waals surface area contributed by atoms with Crippen molar-refractivity contribution >= 4 is 23.2 Å². The number of hydrogen-bond donors (Lipinski definition) is 1. The van der Waals surface area contributed by atoms with Crippen LogP contribution in [0.3, 0.4) is 0 Å².